The molecule has 0 fully saturated rings. The van der Waals surface area contributed by atoms with Gasteiger partial charge in [0, 0.05) is 26.1 Å². The van der Waals surface area contributed by atoms with Crippen molar-refractivity contribution in [2.24, 2.45) is 5.73 Å². The van der Waals surface area contributed by atoms with E-state index in [1.165, 1.54) is 0 Å². The first-order valence-electron chi connectivity index (χ1n) is 5.07. The van der Waals surface area contributed by atoms with E-state index < -0.39 is 0 Å². The monoisotopic (exact) mass is 186 g/mol. The maximum absolute atomic E-state index is 11.4. The average molecular weight is 186 g/mol. The van der Waals surface area contributed by atoms with Crippen LogP contribution >= 0.6 is 0 Å². The van der Waals surface area contributed by atoms with Gasteiger partial charge in [-0.2, -0.15) is 0 Å². The standard InChI is InChI=1S/C10H22N2O/c1-4-5-6-7-10(13)12(3)8-9(2)11/h9H,4-8,11H2,1-3H3. The Balaban J connectivity index is 3.57. The second-order valence-corrected chi connectivity index (χ2v) is 3.71. The minimum Gasteiger partial charge on any atom is -0.344 e. The van der Waals surface area contributed by atoms with Crippen molar-refractivity contribution in [1.29, 1.82) is 0 Å². The number of carbonyl (C=O) groups is 1. The molecule has 0 saturated heterocycles. The van der Waals surface area contributed by atoms with Crippen LogP contribution in [-0.2, 0) is 4.79 Å². The first-order valence-corrected chi connectivity index (χ1v) is 5.07. The van der Waals surface area contributed by atoms with Gasteiger partial charge in [0.05, 0.1) is 0 Å². The molecule has 0 bridgehead atoms. The van der Waals surface area contributed by atoms with Crippen LogP contribution < -0.4 is 5.73 Å². The summed E-state index contributed by atoms with van der Waals surface area (Å²) in [5.41, 5.74) is 5.59. The summed E-state index contributed by atoms with van der Waals surface area (Å²) in [5, 5.41) is 0. The molecule has 0 spiro atoms. The van der Waals surface area contributed by atoms with E-state index in [0.717, 1.165) is 19.3 Å². The Morgan fingerprint density at radius 2 is 2.08 bits per heavy atom. The number of nitrogens with zero attached hydrogens (tertiary/aromatic N) is 1. The first-order chi connectivity index (χ1) is 6.07. The fourth-order valence-corrected chi connectivity index (χ4v) is 1.25. The molecule has 2 N–H and O–H groups in total. The highest BCUT2D eigenvalue weighted by Crippen LogP contribution is 2.01. The lowest BCUT2D eigenvalue weighted by Crippen LogP contribution is -2.36. The largest absolute Gasteiger partial charge is 0.344 e. The number of carbonyl (C=O) groups excluding carboxylic acids is 1. The van der Waals surface area contributed by atoms with Crippen LogP contribution in [0.2, 0.25) is 0 Å². The zero-order valence-electron chi connectivity index (χ0n) is 9.05. The van der Waals surface area contributed by atoms with Crippen molar-refractivity contribution in [3.8, 4) is 0 Å². The molecule has 1 amide bonds. The molecule has 1 unspecified atom stereocenters. The maximum atomic E-state index is 11.4. The van der Waals surface area contributed by atoms with Gasteiger partial charge in [0.1, 0.15) is 0 Å². The van der Waals surface area contributed by atoms with Crippen molar-refractivity contribution in [2.75, 3.05) is 13.6 Å². The van der Waals surface area contributed by atoms with Crippen LogP contribution in [0.25, 0.3) is 0 Å². The van der Waals surface area contributed by atoms with E-state index in [2.05, 4.69) is 6.92 Å². The van der Waals surface area contributed by atoms with Gasteiger partial charge in [-0.05, 0) is 13.3 Å². The minimum atomic E-state index is 0.0696. The molecule has 0 rings (SSSR count). The van der Waals surface area contributed by atoms with Gasteiger partial charge < -0.3 is 10.6 Å². The van der Waals surface area contributed by atoms with Gasteiger partial charge in [-0.25, -0.2) is 0 Å². The fourth-order valence-electron chi connectivity index (χ4n) is 1.25. The molecule has 0 saturated carbocycles. The van der Waals surface area contributed by atoms with E-state index in [-0.39, 0.29) is 11.9 Å². The van der Waals surface area contributed by atoms with E-state index in [4.69, 9.17) is 5.73 Å². The van der Waals surface area contributed by atoms with Gasteiger partial charge in [-0.1, -0.05) is 19.8 Å². The molecule has 0 aromatic rings. The van der Waals surface area contributed by atoms with Gasteiger partial charge >= 0.3 is 0 Å². The summed E-state index contributed by atoms with van der Waals surface area (Å²) in [6.45, 7) is 4.71. The van der Waals surface area contributed by atoms with Crippen molar-refractivity contribution < 1.29 is 4.79 Å². The third kappa shape index (κ3) is 6.58. The summed E-state index contributed by atoms with van der Waals surface area (Å²) in [6, 6.07) is 0.0696. The molecule has 1 atom stereocenters. The minimum absolute atomic E-state index is 0.0696. The third-order valence-corrected chi connectivity index (χ3v) is 1.98. The molecule has 3 nitrogen and oxygen atoms in total. The Morgan fingerprint density at radius 3 is 2.54 bits per heavy atom. The number of hydrogen-bond donors (Lipinski definition) is 1. The summed E-state index contributed by atoms with van der Waals surface area (Å²) >= 11 is 0. The van der Waals surface area contributed by atoms with Crippen molar-refractivity contribution in [1.82, 2.24) is 4.90 Å². The number of amides is 1. The Morgan fingerprint density at radius 1 is 1.46 bits per heavy atom. The van der Waals surface area contributed by atoms with Gasteiger partial charge in [0.2, 0.25) is 5.91 Å². The number of rotatable bonds is 6. The van der Waals surface area contributed by atoms with E-state index in [0.29, 0.717) is 13.0 Å². The predicted molar refractivity (Wildman–Crippen MR) is 55.4 cm³/mol. The molecule has 3 heteroatoms. The highest BCUT2D eigenvalue weighted by Gasteiger charge is 2.08. The van der Waals surface area contributed by atoms with Crippen LogP contribution in [0.5, 0.6) is 0 Å². The Bertz CT molecular complexity index is 146. The molecule has 0 aromatic carbocycles. The number of nitrogens with two attached hydrogens (primary N) is 1. The highest BCUT2D eigenvalue weighted by atomic mass is 16.2. The van der Waals surface area contributed by atoms with E-state index in [1.807, 2.05) is 14.0 Å². The van der Waals surface area contributed by atoms with Gasteiger partial charge in [-0.3, -0.25) is 4.79 Å². The fraction of sp³-hybridized carbons (Fsp3) is 0.900. The van der Waals surface area contributed by atoms with Crippen LogP contribution in [0.3, 0.4) is 0 Å². The predicted octanol–water partition coefficient (Wildman–Crippen LogP) is 1.37. The molecule has 0 heterocycles. The van der Waals surface area contributed by atoms with Gasteiger partial charge in [0.15, 0.2) is 0 Å². The molecule has 0 aliphatic carbocycles. The normalized spacial score (nSPS) is 12.6. The van der Waals surface area contributed by atoms with E-state index >= 15 is 0 Å². The summed E-state index contributed by atoms with van der Waals surface area (Å²) in [6.07, 6.45) is 3.96. The van der Waals surface area contributed by atoms with Crippen molar-refractivity contribution >= 4 is 5.91 Å². The van der Waals surface area contributed by atoms with Crippen LogP contribution in [0.1, 0.15) is 39.5 Å². The molecule has 0 radical (unpaired) electrons. The first kappa shape index (κ1) is 12.4. The van der Waals surface area contributed by atoms with Crippen molar-refractivity contribution in [3.05, 3.63) is 0 Å². The zero-order valence-corrected chi connectivity index (χ0v) is 9.05. The average Bonchev–Trinajstić information content (AvgIpc) is 2.03. The summed E-state index contributed by atoms with van der Waals surface area (Å²) in [5.74, 6) is 0.214. The second-order valence-electron chi connectivity index (χ2n) is 3.71. The number of hydrogen-bond acceptors (Lipinski definition) is 2. The summed E-state index contributed by atoms with van der Waals surface area (Å²) < 4.78 is 0. The Hall–Kier alpha value is -0.570. The highest BCUT2D eigenvalue weighted by molar-refractivity contribution is 5.75. The lowest BCUT2D eigenvalue weighted by molar-refractivity contribution is -0.130. The summed E-state index contributed by atoms with van der Waals surface area (Å²) in [4.78, 5) is 13.1. The molecule has 78 valence electrons. The van der Waals surface area contributed by atoms with Crippen LogP contribution in [0.15, 0.2) is 0 Å². The third-order valence-electron chi connectivity index (χ3n) is 1.98. The van der Waals surface area contributed by atoms with Crippen LogP contribution in [0.4, 0.5) is 0 Å². The SMILES string of the molecule is CCCCCC(=O)N(C)CC(C)N. The molecular weight excluding hydrogens is 164 g/mol. The molecule has 0 aromatic heterocycles. The maximum Gasteiger partial charge on any atom is 0.222 e. The lowest BCUT2D eigenvalue weighted by atomic mass is 10.2. The van der Waals surface area contributed by atoms with Gasteiger partial charge in [-0.15, -0.1) is 0 Å². The Labute approximate surface area is 81.3 Å². The smallest absolute Gasteiger partial charge is 0.222 e. The van der Waals surface area contributed by atoms with E-state index in [1.54, 1.807) is 4.90 Å². The molecule has 0 aliphatic heterocycles. The number of unbranched alkanes of at least 4 members (excludes halogenated alkanes) is 2. The Kier molecular flexibility index (Phi) is 6.59. The van der Waals surface area contributed by atoms with E-state index in [9.17, 15) is 4.79 Å². The topological polar surface area (TPSA) is 46.3 Å². The van der Waals surface area contributed by atoms with Gasteiger partial charge in [0.25, 0.3) is 0 Å². The van der Waals surface area contributed by atoms with Crippen molar-refractivity contribution in [3.63, 3.8) is 0 Å². The quantitative estimate of drug-likeness (QED) is 0.637. The van der Waals surface area contributed by atoms with Crippen LogP contribution in [0, 0.1) is 0 Å². The number of likely N-dealkylation sites (N-methyl/N-ethyl adjacent to an activating group) is 1. The van der Waals surface area contributed by atoms with Crippen molar-refractivity contribution in [2.45, 2.75) is 45.6 Å². The zero-order chi connectivity index (χ0) is 10.3. The molecular formula is C10H22N2O. The molecule has 0 aliphatic rings. The van der Waals surface area contributed by atoms with Crippen LogP contribution in [-0.4, -0.2) is 30.4 Å². The molecule has 13 heavy (non-hydrogen) atoms. The summed E-state index contributed by atoms with van der Waals surface area (Å²) in [7, 11) is 1.82. The lowest BCUT2D eigenvalue weighted by Gasteiger charge is -2.19. The second kappa shape index (κ2) is 6.89.